The van der Waals surface area contributed by atoms with Gasteiger partial charge >= 0.3 is 0 Å². The zero-order valence-corrected chi connectivity index (χ0v) is 16.9. The zero-order chi connectivity index (χ0) is 21.5. The van der Waals surface area contributed by atoms with E-state index in [1.165, 1.54) is 18.3 Å². The number of benzene rings is 3. The molecule has 0 saturated carbocycles. The first-order valence-electron chi connectivity index (χ1n) is 10.1. The first kappa shape index (κ1) is 21.2. The molecule has 3 aromatic rings. The van der Waals surface area contributed by atoms with Crippen molar-refractivity contribution in [2.45, 2.75) is 39.0 Å². The first-order valence-corrected chi connectivity index (χ1v) is 10.1. The van der Waals surface area contributed by atoms with Crippen LogP contribution in [0.4, 0.5) is 0 Å². The van der Waals surface area contributed by atoms with Gasteiger partial charge in [0.05, 0.1) is 11.8 Å². The molecule has 0 heterocycles. The minimum absolute atomic E-state index is 0.0475. The number of aryl methyl sites for hydroxylation is 1. The Morgan fingerprint density at radius 3 is 2.60 bits per heavy atom. The summed E-state index contributed by atoms with van der Waals surface area (Å²) in [6.07, 6.45) is 6.31. The number of phenols is 3. The van der Waals surface area contributed by atoms with Crippen LogP contribution in [0.15, 0.2) is 53.6 Å². The third-order valence-electron chi connectivity index (χ3n) is 5.04. The highest BCUT2D eigenvalue weighted by Gasteiger charge is 2.13. The molecule has 6 heteroatoms. The summed E-state index contributed by atoms with van der Waals surface area (Å²) in [7, 11) is 0. The predicted molar refractivity (Wildman–Crippen MR) is 118 cm³/mol. The number of unbranched alkanes of at least 4 members (excludes halogenated alkanes) is 3. The van der Waals surface area contributed by atoms with Crippen LogP contribution in [-0.2, 0) is 6.42 Å². The second-order valence-corrected chi connectivity index (χ2v) is 7.23. The Labute approximate surface area is 175 Å². The highest BCUT2D eigenvalue weighted by atomic mass is 16.3. The number of fused-ring (bicyclic) bond motifs is 1. The van der Waals surface area contributed by atoms with E-state index < -0.39 is 5.91 Å². The smallest absolute Gasteiger partial charge is 0.275 e. The van der Waals surface area contributed by atoms with Gasteiger partial charge in [-0.3, -0.25) is 4.79 Å². The number of hydrazone groups is 1. The molecular formula is C24H26N2O4. The Bertz CT molecular complexity index is 1080. The lowest BCUT2D eigenvalue weighted by Crippen LogP contribution is -2.17. The molecule has 4 N–H and O–H groups in total. The van der Waals surface area contributed by atoms with Gasteiger partial charge in [-0.05, 0) is 35.9 Å². The fourth-order valence-corrected chi connectivity index (χ4v) is 3.35. The van der Waals surface area contributed by atoms with E-state index in [4.69, 9.17) is 0 Å². The number of hydrogen-bond acceptors (Lipinski definition) is 5. The zero-order valence-electron chi connectivity index (χ0n) is 16.9. The van der Waals surface area contributed by atoms with Crippen LogP contribution in [0.3, 0.4) is 0 Å². The van der Waals surface area contributed by atoms with E-state index in [0.717, 1.165) is 36.6 Å². The molecule has 0 aliphatic heterocycles. The summed E-state index contributed by atoms with van der Waals surface area (Å²) in [5, 5.41) is 35.8. The molecule has 0 aliphatic rings. The summed E-state index contributed by atoms with van der Waals surface area (Å²) in [6.45, 7) is 2.14. The number of phenolic OH excluding ortho intramolecular Hbond substituents is 3. The van der Waals surface area contributed by atoms with Gasteiger partial charge < -0.3 is 15.3 Å². The largest absolute Gasteiger partial charge is 0.508 e. The fraction of sp³-hybridized carbons (Fsp3) is 0.250. The van der Waals surface area contributed by atoms with Crippen molar-refractivity contribution in [3.8, 4) is 17.2 Å². The number of nitrogens with one attached hydrogen (secondary N) is 1. The molecule has 0 bridgehead atoms. The molecule has 0 radical (unpaired) electrons. The quantitative estimate of drug-likeness (QED) is 0.244. The maximum atomic E-state index is 12.4. The number of nitrogens with zero attached hydrogens (tertiary/aromatic N) is 1. The lowest BCUT2D eigenvalue weighted by Gasteiger charge is -2.08. The molecule has 0 fully saturated rings. The molecule has 1 amide bonds. The van der Waals surface area contributed by atoms with Crippen LogP contribution in [0.2, 0.25) is 0 Å². The standard InChI is InChI=1S/C24H26N2O4/c1-2-3-4-5-9-17-13-18(22(28)14-21(17)27)15-25-26-24(30)20-12-11-16-8-6-7-10-19(16)23(20)29/h6-8,10-15,27-29H,2-5,9H2,1H3,(H,26,30)/b25-15-. The maximum Gasteiger partial charge on any atom is 0.275 e. The van der Waals surface area contributed by atoms with Crippen LogP contribution in [0.5, 0.6) is 17.2 Å². The maximum absolute atomic E-state index is 12.4. The molecule has 0 unspecified atom stereocenters. The lowest BCUT2D eigenvalue weighted by molar-refractivity contribution is 0.0952. The second-order valence-electron chi connectivity index (χ2n) is 7.23. The van der Waals surface area contributed by atoms with E-state index in [2.05, 4.69) is 17.5 Å². The van der Waals surface area contributed by atoms with Gasteiger partial charge in [-0.15, -0.1) is 0 Å². The van der Waals surface area contributed by atoms with Crippen molar-refractivity contribution in [2.75, 3.05) is 0 Å². The molecule has 3 rings (SSSR count). The van der Waals surface area contributed by atoms with Crippen LogP contribution >= 0.6 is 0 Å². The average molecular weight is 406 g/mol. The van der Waals surface area contributed by atoms with Crippen LogP contribution in [0.1, 0.15) is 54.1 Å². The SMILES string of the molecule is CCCCCCc1cc(/C=N\NC(=O)c2ccc3ccccc3c2O)c(O)cc1O. The van der Waals surface area contributed by atoms with Gasteiger partial charge in [0.1, 0.15) is 17.2 Å². The number of rotatable bonds is 8. The van der Waals surface area contributed by atoms with Crippen molar-refractivity contribution in [3.63, 3.8) is 0 Å². The van der Waals surface area contributed by atoms with Gasteiger partial charge in [0.2, 0.25) is 0 Å². The Kier molecular flexibility index (Phi) is 6.91. The van der Waals surface area contributed by atoms with Gasteiger partial charge in [-0.25, -0.2) is 5.43 Å². The number of hydrogen-bond donors (Lipinski definition) is 4. The van der Waals surface area contributed by atoms with E-state index in [-0.39, 0.29) is 22.8 Å². The molecule has 30 heavy (non-hydrogen) atoms. The summed E-state index contributed by atoms with van der Waals surface area (Å²) in [6, 6.07) is 13.5. The molecule has 0 atom stereocenters. The molecule has 0 aromatic heterocycles. The van der Waals surface area contributed by atoms with Crippen LogP contribution in [0, 0.1) is 0 Å². The summed E-state index contributed by atoms with van der Waals surface area (Å²) < 4.78 is 0. The average Bonchev–Trinajstić information content (AvgIpc) is 2.74. The van der Waals surface area contributed by atoms with Crippen molar-refractivity contribution in [1.29, 1.82) is 0 Å². The summed E-state index contributed by atoms with van der Waals surface area (Å²) >= 11 is 0. The molecule has 6 nitrogen and oxygen atoms in total. The summed E-state index contributed by atoms with van der Waals surface area (Å²) in [4.78, 5) is 12.4. The fourth-order valence-electron chi connectivity index (χ4n) is 3.35. The van der Waals surface area contributed by atoms with E-state index in [0.29, 0.717) is 17.4 Å². The van der Waals surface area contributed by atoms with Gasteiger partial charge in [-0.2, -0.15) is 5.10 Å². The van der Waals surface area contributed by atoms with Gasteiger partial charge in [0.15, 0.2) is 0 Å². The van der Waals surface area contributed by atoms with Crippen LogP contribution in [0.25, 0.3) is 10.8 Å². The number of carbonyl (C=O) groups is 1. The minimum Gasteiger partial charge on any atom is -0.508 e. The lowest BCUT2D eigenvalue weighted by atomic mass is 10.0. The van der Waals surface area contributed by atoms with Gasteiger partial charge in [0.25, 0.3) is 5.91 Å². The Morgan fingerprint density at radius 2 is 1.80 bits per heavy atom. The summed E-state index contributed by atoms with van der Waals surface area (Å²) in [5.74, 6) is -0.752. The molecule has 0 saturated heterocycles. The molecular weight excluding hydrogens is 380 g/mol. The van der Waals surface area contributed by atoms with E-state index in [1.54, 1.807) is 24.3 Å². The molecule has 0 spiro atoms. The van der Waals surface area contributed by atoms with Gasteiger partial charge in [0, 0.05) is 17.0 Å². The second kappa shape index (κ2) is 9.78. The number of amides is 1. The van der Waals surface area contributed by atoms with Crippen molar-refractivity contribution in [1.82, 2.24) is 5.43 Å². The predicted octanol–water partition coefficient (Wildman–Crippen LogP) is 4.84. The third-order valence-corrected chi connectivity index (χ3v) is 5.04. The Balaban J connectivity index is 1.71. The molecule has 3 aromatic carbocycles. The van der Waals surface area contributed by atoms with E-state index in [1.807, 2.05) is 12.1 Å². The highest BCUT2D eigenvalue weighted by molar-refractivity contribution is 6.03. The van der Waals surface area contributed by atoms with Crippen molar-refractivity contribution >= 4 is 22.9 Å². The third kappa shape index (κ3) is 4.89. The highest BCUT2D eigenvalue weighted by Crippen LogP contribution is 2.29. The van der Waals surface area contributed by atoms with Crippen molar-refractivity contribution < 1.29 is 20.1 Å². The summed E-state index contributed by atoms with van der Waals surface area (Å²) in [5.41, 5.74) is 3.60. The van der Waals surface area contributed by atoms with Crippen molar-refractivity contribution in [2.24, 2.45) is 5.10 Å². The van der Waals surface area contributed by atoms with Crippen LogP contribution in [-0.4, -0.2) is 27.4 Å². The minimum atomic E-state index is -0.562. The Hall–Kier alpha value is -3.54. The van der Waals surface area contributed by atoms with Crippen LogP contribution < -0.4 is 5.43 Å². The number of carbonyl (C=O) groups excluding carboxylic acids is 1. The first-order chi connectivity index (χ1) is 14.5. The van der Waals surface area contributed by atoms with E-state index >= 15 is 0 Å². The molecule has 156 valence electrons. The topological polar surface area (TPSA) is 102 Å². The normalized spacial score (nSPS) is 11.2. The van der Waals surface area contributed by atoms with Gasteiger partial charge in [-0.1, -0.05) is 56.5 Å². The molecule has 0 aliphatic carbocycles. The Morgan fingerprint density at radius 1 is 1.00 bits per heavy atom. The number of aromatic hydroxyl groups is 3. The van der Waals surface area contributed by atoms with Crippen molar-refractivity contribution in [3.05, 3.63) is 65.2 Å². The monoisotopic (exact) mass is 406 g/mol. The van der Waals surface area contributed by atoms with E-state index in [9.17, 15) is 20.1 Å².